The van der Waals surface area contributed by atoms with Gasteiger partial charge >= 0.3 is 0 Å². The van der Waals surface area contributed by atoms with E-state index in [1.54, 1.807) is 0 Å². The average molecular weight is 1950 g/mol. The number of benzene rings is 23. The Morgan fingerprint density at radius 1 is 0.133 bits per heavy atom. The van der Waals surface area contributed by atoms with Gasteiger partial charge in [0.2, 0.25) is 0 Å². The Labute approximate surface area is 861 Å². The lowest BCUT2D eigenvalue weighted by molar-refractivity contribution is 0.672. The van der Waals surface area contributed by atoms with Crippen LogP contribution in [0.5, 0.6) is 0 Å². The van der Waals surface area contributed by atoms with Gasteiger partial charge in [-0.05, 0) is 222 Å². The number of nitrogens with zero attached hydrogens (tertiary/aromatic N) is 6. The minimum atomic E-state index is 0.911. The highest BCUT2D eigenvalue weighted by Gasteiger charge is 2.29. The van der Waals surface area contributed by atoms with Gasteiger partial charge in [0.05, 0.1) is 87.7 Å². The fourth-order valence-electron chi connectivity index (χ4n) is 25.1. The Bertz CT molecular complexity index is 10900. The summed E-state index contributed by atoms with van der Waals surface area (Å²) < 4.78 is 45.9. The van der Waals surface area contributed by atoms with E-state index in [2.05, 4.69) is 488 Å². The van der Waals surface area contributed by atoms with E-state index in [4.69, 9.17) is 17.7 Å². The predicted octanol–water partition coefficient (Wildman–Crippen LogP) is 39.3. The van der Waals surface area contributed by atoms with Crippen molar-refractivity contribution in [1.29, 1.82) is 0 Å². The molecule has 35 aromatic rings. The van der Waals surface area contributed by atoms with Gasteiger partial charge in [0, 0.05) is 161 Å². The number of hydrogen-bond acceptors (Lipinski definition) is 6. The van der Waals surface area contributed by atoms with Crippen LogP contribution in [0, 0.1) is 0 Å². The van der Waals surface area contributed by atoms with Gasteiger partial charge in [-0.25, -0.2) is 0 Å². The molecule has 0 bridgehead atoms. The van der Waals surface area contributed by atoms with E-state index in [1.807, 2.05) is 46.9 Å². The quantitative estimate of drug-likeness (QED) is 0.152. The van der Waals surface area contributed by atoms with E-state index in [9.17, 15) is 0 Å². The fourth-order valence-corrected chi connectivity index (χ4v) is 27.7. The summed E-state index contributed by atoms with van der Waals surface area (Å²) in [6, 6.07) is 175. The first kappa shape index (κ1) is 82.9. The van der Waals surface area contributed by atoms with E-state index in [1.165, 1.54) is 128 Å². The summed E-state index contributed by atoms with van der Waals surface area (Å²) in [5, 5.41) is 29.0. The number of para-hydroxylation sites is 10. The second-order valence-electron chi connectivity index (χ2n) is 39.4. The number of rotatable bonds is 8. The van der Waals surface area contributed by atoms with Crippen molar-refractivity contribution in [1.82, 2.24) is 27.4 Å². The molecule has 12 heteroatoms. The van der Waals surface area contributed by atoms with Crippen molar-refractivity contribution < 1.29 is 17.7 Å². The summed E-state index contributed by atoms with van der Waals surface area (Å²) in [4.78, 5) is 0. The molecule has 0 aliphatic heterocycles. The molecule has 0 spiro atoms. The molecule has 10 nitrogen and oxygen atoms in total. The topological polar surface area (TPSA) is 82.1 Å². The van der Waals surface area contributed by atoms with E-state index in [-0.39, 0.29) is 0 Å². The molecule has 150 heavy (non-hydrogen) atoms. The van der Waals surface area contributed by atoms with Gasteiger partial charge in [0.15, 0.2) is 0 Å². The number of aromatic nitrogens is 6. The predicted molar refractivity (Wildman–Crippen MR) is 631 cm³/mol. The van der Waals surface area contributed by atoms with E-state index < -0.39 is 0 Å². The summed E-state index contributed by atoms with van der Waals surface area (Å²) >= 11 is 3.80. The minimum Gasteiger partial charge on any atom is -0.455 e. The van der Waals surface area contributed by atoms with Crippen LogP contribution in [-0.2, 0) is 0 Å². The molecular formula is C138H80N6O4S2. The fraction of sp³-hybridized carbons (Fsp3) is 0. The zero-order valence-corrected chi connectivity index (χ0v) is 82.0. The van der Waals surface area contributed by atoms with Crippen LogP contribution in [0.25, 0.3) is 315 Å². The number of thiophene rings is 2. The Morgan fingerprint density at radius 3 is 0.600 bits per heavy atom. The van der Waals surface area contributed by atoms with Crippen LogP contribution in [0.15, 0.2) is 503 Å². The maximum Gasteiger partial charge on any atom is 0.145 e. The molecular weight excluding hydrogens is 1870 g/mol. The molecule has 0 radical (unpaired) electrons. The van der Waals surface area contributed by atoms with Crippen LogP contribution in [0.3, 0.4) is 0 Å². The van der Waals surface area contributed by atoms with Crippen LogP contribution in [0.4, 0.5) is 0 Å². The van der Waals surface area contributed by atoms with Crippen LogP contribution in [0.1, 0.15) is 0 Å². The normalized spacial score (nSPS) is 12.3. The molecule has 23 aromatic carbocycles. The van der Waals surface area contributed by atoms with Crippen LogP contribution in [0.2, 0.25) is 0 Å². The SMILES string of the molecule is c1cc(-c2cccc(-n3c4ccccc4c4c5oc6ccccc6c5ccc43)c2)cc(-n2c3ccccc3c3c4oc5ccccc5c4ccc32)c1.c1cc(-c2cccc(-n3c4ccccc4c4c5sc6ccccc6c5ccc43)c2)cc(-n2c3ccccc3c3c4sc5ccccc5c4ccc32)c1.c1cc(-n2c3ccccc3c3c4oc5ccccc5c4ccc32)cc(-n2c3ccccc3c3c4oc5ccccc5c4ccc32)c1. The molecule has 12 heterocycles. The van der Waals surface area contributed by atoms with Crippen molar-refractivity contribution in [2.24, 2.45) is 0 Å². The Kier molecular flexibility index (Phi) is 17.7. The Morgan fingerprint density at radius 2 is 0.333 bits per heavy atom. The third-order valence-corrected chi connectivity index (χ3v) is 33.9. The summed E-state index contributed by atoms with van der Waals surface area (Å²) in [6.07, 6.45) is 0. The molecule has 0 atom stereocenters. The molecule has 0 unspecified atom stereocenters. The molecule has 35 rings (SSSR count). The average Bonchev–Trinajstić information content (AvgIpc) is 1.56. The Balaban J connectivity index is 0.0000000976. The van der Waals surface area contributed by atoms with E-state index in [0.29, 0.717) is 0 Å². The van der Waals surface area contributed by atoms with Gasteiger partial charge < -0.3 is 45.1 Å². The molecule has 0 fully saturated rings. The standard InChI is InChI=1S/C48H28N2O2.C48H28N2S2.C42H24N2O2/c2*1-5-19-39-37(17-1)45-41(25-23-35-33-15-3-7-21-43(33)51-47(35)45)49(39)31-13-9-11-29(27-31)30-12-10-14-32(28-30)50-40-20-6-2-18-38(40)46-42(50)26-24-36-34-16-4-8-22-44(34)52-48(36)46;1-5-16-33-31(14-1)39-35(22-20-29-27-12-3-7-18-37(27)45-41(29)39)43(33)25-10-9-11-26(24-25)44-34-17-6-2-15-32(34)40-36(44)23-21-30-28-13-4-8-19-38(28)46-42(30)40/h2*1-28H;1-24H. The maximum absolute atomic E-state index is 6.54. The van der Waals surface area contributed by atoms with E-state index >= 15 is 0 Å². The third kappa shape index (κ3) is 12.0. The van der Waals surface area contributed by atoms with Crippen LogP contribution < -0.4 is 0 Å². The first-order chi connectivity index (χ1) is 74.4. The summed E-state index contributed by atoms with van der Waals surface area (Å²) in [6.45, 7) is 0. The summed E-state index contributed by atoms with van der Waals surface area (Å²) in [5.41, 5.74) is 32.8. The second-order valence-corrected chi connectivity index (χ2v) is 41.5. The van der Waals surface area contributed by atoms with Gasteiger partial charge in [-0.1, -0.05) is 285 Å². The van der Waals surface area contributed by atoms with Gasteiger partial charge in [-0.2, -0.15) is 0 Å². The lowest BCUT2D eigenvalue weighted by atomic mass is 10.0. The van der Waals surface area contributed by atoms with Crippen LogP contribution >= 0.6 is 22.7 Å². The highest BCUT2D eigenvalue weighted by atomic mass is 32.1. The second kappa shape index (κ2) is 32.0. The van der Waals surface area contributed by atoms with Crippen molar-refractivity contribution in [2.75, 3.05) is 0 Å². The molecule has 0 saturated heterocycles. The molecule has 0 saturated carbocycles. The number of fused-ring (bicyclic) bond motifs is 42. The molecule has 698 valence electrons. The van der Waals surface area contributed by atoms with Crippen LogP contribution in [-0.4, -0.2) is 27.4 Å². The zero-order chi connectivity index (χ0) is 97.8. The number of furan rings is 4. The molecule has 0 aliphatic rings. The number of hydrogen-bond donors (Lipinski definition) is 0. The Hall–Kier alpha value is -19.5. The summed E-state index contributed by atoms with van der Waals surface area (Å²) in [7, 11) is 0. The van der Waals surface area contributed by atoms with Crippen molar-refractivity contribution in [3.8, 4) is 56.4 Å². The highest BCUT2D eigenvalue weighted by molar-refractivity contribution is 7.27. The van der Waals surface area contributed by atoms with Crippen molar-refractivity contribution in [2.45, 2.75) is 0 Å². The van der Waals surface area contributed by atoms with Crippen molar-refractivity contribution >= 4 is 282 Å². The molecule has 0 aliphatic carbocycles. The first-order valence-corrected chi connectivity index (χ1v) is 52.6. The highest BCUT2D eigenvalue weighted by Crippen LogP contribution is 2.52. The molecule has 12 aromatic heterocycles. The van der Waals surface area contributed by atoms with Crippen molar-refractivity contribution in [3.63, 3.8) is 0 Å². The smallest absolute Gasteiger partial charge is 0.145 e. The monoisotopic (exact) mass is 1950 g/mol. The third-order valence-electron chi connectivity index (χ3n) is 31.5. The van der Waals surface area contributed by atoms with Crippen molar-refractivity contribution in [3.05, 3.63) is 485 Å². The molecule has 0 amide bonds. The zero-order valence-electron chi connectivity index (χ0n) is 80.3. The maximum atomic E-state index is 6.54. The van der Waals surface area contributed by atoms with Gasteiger partial charge in [-0.15, -0.1) is 22.7 Å². The first-order valence-electron chi connectivity index (χ1n) is 51.0. The van der Waals surface area contributed by atoms with Gasteiger partial charge in [-0.3, -0.25) is 0 Å². The molecule has 0 N–H and O–H groups in total. The lowest BCUT2D eigenvalue weighted by Crippen LogP contribution is -1.98. The largest absolute Gasteiger partial charge is 0.455 e. The lowest BCUT2D eigenvalue weighted by Gasteiger charge is -2.13. The van der Waals surface area contributed by atoms with E-state index in [0.717, 1.165) is 187 Å². The van der Waals surface area contributed by atoms with Gasteiger partial charge in [0.25, 0.3) is 0 Å². The summed E-state index contributed by atoms with van der Waals surface area (Å²) in [5.74, 6) is 0. The minimum absolute atomic E-state index is 0.911. The van der Waals surface area contributed by atoms with Gasteiger partial charge in [0.1, 0.15) is 44.7 Å².